The molecule has 2 aliphatic rings. The van der Waals surface area contributed by atoms with E-state index in [0.29, 0.717) is 17.4 Å². The monoisotopic (exact) mass is 434 g/mol. The Morgan fingerprint density at radius 2 is 2.00 bits per heavy atom. The van der Waals surface area contributed by atoms with E-state index < -0.39 is 6.10 Å². The molecule has 1 saturated heterocycles. The van der Waals surface area contributed by atoms with Crippen molar-refractivity contribution < 1.29 is 9.90 Å². The molecule has 3 aromatic rings. The summed E-state index contributed by atoms with van der Waals surface area (Å²) in [4.78, 5) is 16.6. The summed E-state index contributed by atoms with van der Waals surface area (Å²) in [6.45, 7) is 2.77. The van der Waals surface area contributed by atoms with Crippen molar-refractivity contribution in [2.24, 2.45) is 0 Å². The molecule has 0 bridgehead atoms. The third-order valence-electron chi connectivity index (χ3n) is 6.12. The second-order valence-corrected chi connectivity index (χ2v) is 9.33. The molecule has 0 aliphatic carbocycles. The van der Waals surface area contributed by atoms with Gasteiger partial charge in [0, 0.05) is 23.4 Å². The van der Waals surface area contributed by atoms with Gasteiger partial charge in [0.25, 0.3) is 5.91 Å². The lowest BCUT2D eigenvalue weighted by Crippen LogP contribution is -2.43. The van der Waals surface area contributed by atoms with Gasteiger partial charge in [-0.2, -0.15) is 5.10 Å². The van der Waals surface area contributed by atoms with E-state index in [1.165, 1.54) is 17.3 Å². The number of piperidine rings is 1. The normalized spacial score (nSPS) is 18.0. The van der Waals surface area contributed by atoms with E-state index in [0.717, 1.165) is 47.4 Å². The molecular formula is C24H26N4O2S. The number of β-amino-alcohol motifs (C(OH)–C–C–N with tert-alkyl or cyclic N) is 1. The van der Waals surface area contributed by atoms with E-state index in [1.807, 2.05) is 24.3 Å². The van der Waals surface area contributed by atoms with Crippen LogP contribution in [0.2, 0.25) is 0 Å². The number of aromatic amines is 1. The van der Waals surface area contributed by atoms with Gasteiger partial charge in [-0.05, 0) is 55.6 Å². The predicted molar refractivity (Wildman–Crippen MR) is 124 cm³/mol. The van der Waals surface area contributed by atoms with Crippen molar-refractivity contribution in [3.05, 3.63) is 64.7 Å². The van der Waals surface area contributed by atoms with Crippen molar-refractivity contribution in [1.29, 1.82) is 0 Å². The maximum atomic E-state index is 12.7. The predicted octanol–water partition coefficient (Wildman–Crippen LogP) is 3.37. The summed E-state index contributed by atoms with van der Waals surface area (Å²) in [5.74, 6) is 0.436. The largest absolute Gasteiger partial charge is 0.390 e. The lowest BCUT2D eigenvalue weighted by Gasteiger charge is -2.33. The average molecular weight is 435 g/mol. The average Bonchev–Trinajstić information content (AvgIpc) is 3.23. The number of H-pyrrole nitrogens is 1. The molecule has 3 N–H and O–H groups in total. The number of likely N-dealkylation sites (tertiary alicyclic amines) is 1. The van der Waals surface area contributed by atoms with Gasteiger partial charge in [-0.25, -0.2) is 0 Å². The number of aliphatic hydroxyl groups is 1. The number of benzene rings is 2. The zero-order valence-corrected chi connectivity index (χ0v) is 18.1. The van der Waals surface area contributed by atoms with Crippen molar-refractivity contribution in [3.63, 3.8) is 0 Å². The Bertz CT molecular complexity index is 1100. The highest BCUT2D eigenvalue weighted by Crippen LogP contribution is 2.39. The Morgan fingerprint density at radius 1 is 1.19 bits per heavy atom. The molecule has 1 fully saturated rings. The standard InChI is InChI=1S/C24H26N4O2S/c29-18(15-28-11-9-17(10-12-28)16-5-2-1-3-6-16)14-25-24(30)22-13-20-23-19(26-27-20)7-4-8-21(23)31-22/h1-8,13,17-18,29H,9-12,14-15H2,(H,25,30)(H,26,27). The van der Waals surface area contributed by atoms with Crippen LogP contribution in [0.5, 0.6) is 0 Å². The first-order chi connectivity index (χ1) is 15.2. The van der Waals surface area contributed by atoms with E-state index in [-0.39, 0.29) is 12.5 Å². The number of amides is 1. The summed E-state index contributed by atoms with van der Waals surface area (Å²) < 4.78 is 0. The fourth-order valence-electron chi connectivity index (χ4n) is 4.47. The molecule has 0 saturated carbocycles. The van der Waals surface area contributed by atoms with Crippen LogP contribution in [0.25, 0.3) is 17.0 Å². The minimum atomic E-state index is -0.586. The Morgan fingerprint density at radius 3 is 2.81 bits per heavy atom. The lowest BCUT2D eigenvalue weighted by molar-refractivity contribution is -0.117. The number of aliphatic hydroxyl groups excluding tert-OH is 1. The SMILES string of the molecule is O=C(NCC(O)CN1CCC(c2ccccc2)CC1)C1=Cc2[nH]nc3cccc(c23)S1. The zero-order valence-electron chi connectivity index (χ0n) is 17.3. The zero-order chi connectivity index (χ0) is 21.2. The van der Waals surface area contributed by atoms with Gasteiger partial charge >= 0.3 is 0 Å². The van der Waals surface area contributed by atoms with Crippen LogP contribution in [-0.4, -0.2) is 58.4 Å². The van der Waals surface area contributed by atoms with Gasteiger partial charge in [-0.15, -0.1) is 0 Å². The number of carbonyl (C=O) groups is 1. The van der Waals surface area contributed by atoms with Crippen molar-refractivity contribution in [1.82, 2.24) is 20.4 Å². The second-order valence-electron chi connectivity index (χ2n) is 8.25. The molecule has 7 heteroatoms. The van der Waals surface area contributed by atoms with E-state index in [9.17, 15) is 9.90 Å². The molecule has 6 nitrogen and oxygen atoms in total. The van der Waals surface area contributed by atoms with Crippen LogP contribution in [0.4, 0.5) is 0 Å². The van der Waals surface area contributed by atoms with Gasteiger partial charge in [0.05, 0.1) is 22.2 Å². The molecule has 2 aromatic carbocycles. The molecule has 1 amide bonds. The van der Waals surface area contributed by atoms with Crippen molar-refractivity contribution in [2.75, 3.05) is 26.2 Å². The van der Waals surface area contributed by atoms with Gasteiger partial charge in [-0.1, -0.05) is 48.2 Å². The first-order valence-corrected chi connectivity index (χ1v) is 11.6. The maximum Gasteiger partial charge on any atom is 0.258 e. The molecular weight excluding hydrogens is 408 g/mol. The number of nitrogens with one attached hydrogen (secondary N) is 2. The maximum absolute atomic E-state index is 12.7. The van der Waals surface area contributed by atoms with Crippen LogP contribution in [0.1, 0.15) is 30.0 Å². The van der Waals surface area contributed by atoms with Crippen molar-refractivity contribution in [2.45, 2.75) is 29.8 Å². The fourth-order valence-corrected chi connectivity index (χ4v) is 5.52. The molecule has 3 heterocycles. The van der Waals surface area contributed by atoms with Crippen LogP contribution in [0.3, 0.4) is 0 Å². The van der Waals surface area contributed by atoms with E-state index in [1.54, 1.807) is 0 Å². The summed E-state index contributed by atoms with van der Waals surface area (Å²) in [5, 5.41) is 21.7. The van der Waals surface area contributed by atoms with Crippen molar-refractivity contribution in [3.8, 4) is 0 Å². The number of hydrogen-bond donors (Lipinski definition) is 3. The summed E-state index contributed by atoms with van der Waals surface area (Å²) in [6.07, 6.45) is 3.45. The van der Waals surface area contributed by atoms with Crippen molar-refractivity contribution >= 4 is 34.6 Å². The molecule has 5 rings (SSSR count). The molecule has 0 spiro atoms. The minimum Gasteiger partial charge on any atom is -0.390 e. The molecule has 160 valence electrons. The molecule has 31 heavy (non-hydrogen) atoms. The number of thioether (sulfide) groups is 1. The number of hydrogen-bond acceptors (Lipinski definition) is 5. The van der Waals surface area contributed by atoms with Gasteiger partial charge in [0.1, 0.15) is 0 Å². The fraction of sp³-hybridized carbons (Fsp3) is 0.333. The van der Waals surface area contributed by atoms with Gasteiger partial charge in [0.15, 0.2) is 0 Å². The van der Waals surface area contributed by atoms with Crippen LogP contribution >= 0.6 is 11.8 Å². The number of rotatable bonds is 6. The third-order valence-corrected chi connectivity index (χ3v) is 7.20. The highest BCUT2D eigenvalue weighted by Gasteiger charge is 2.24. The smallest absolute Gasteiger partial charge is 0.258 e. The minimum absolute atomic E-state index is 0.163. The third kappa shape index (κ3) is 4.39. The van der Waals surface area contributed by atoms with E-state index in [2.05, 4.69) is 50.7 Å². The summed E-state index contributed by atoms with van der Waals surface area (Å²) in [5.41, 5.74) is 3.17. The van der Waals surface area contributed by atoms with Crippen LogP contribution in [0, 0.1) is 0 Å². The van der Waals surface area contributed by atoms with Crippen LogP contribution < -0.4 is 5.32 Å². The van der Waals surface area contributed by atoms with Gasteiger partial charge < -0.3 is 15.3 Å². The number of carbonyl (C=O) groups excluding carboxylic acids is 1. The highest BCUT2D eigenvalue weighted by atomic mass is 32.2. The molecule has 1 aromatic heterocycles. The Labute approximate surface area is 185 Å². The summed E-state index contributed by atoms with van der Waals surface area (Å²) in [6, 6.07) is 16.6. The molecule has 1 unspecified atom stereocenters. The van der Waals surface area contributed by atoms with Gasteiger partial charge in [-0.3, -0.25) is 9.89 Å². The Hall–Kier alpha value is -2.61. The number of nitrogens with zero attached hydrogens (tertiary/aromatic N) is 2. The lowest BCUT2D eigenvalue weighted by atomic mass is 9.89. The first-order valence-electron chi connectivity index (χ1n) is 10.8. The molecule has 1 atom stereocenters. The van der Waals surface area contributed by atoms with Gasteiger partial charge in [0.2, 0.25) is 0 Å². The molecule has 0 radical (unpaired) electrons. The highest BCUT2D eigenvalue weighted by molar-refractivity contribution is 8.04. The second kappa shape index (κ2) is 8.86. The topological polar surface area (TPSA) is 81.2 Å². The first kappa shape index (κ1) is 20.3. The Kier molecular flexibility index (Phi) is 5.80. The Balaban J connectivity index is 1.11. The van der Waals surface area contributed by atoms with E-state index >= 15 is 0 Å². The molecule has 2 aliphatic heterocycles. The summed E-state index contributed by atoms with van der Waals surface area (Å²) >= 11 is 1.44. The van der Waals surface area contributed by atoms with Crippen LogP contribution in [-0.2, 0) is 4.79 Å². The quantitative estimate of drug-likeness (QED) is 0.554. The number of aromatic nitrogens is 2. The summed E-state index contributed by atoms with van der Waals surface area (Å²) in [7, 11) is 0. The van der Waals surface area contributed by atoms with Crippen LogP contribution in [0.15, 0.2) is 58.3 Å². The van der Waals surface area contributed by atoms with E-state index in [4.69, 9.17) is 0 Å².